The number of thioether (sulfide) groups is 1. The molecule has 0 bridgehead atoms. The lowest BCUT2D eigenvalue weighted by atomic mass is 9.89. The van der Waals surface area contributed by atoms with Crippen LogP contribution in [0.15, 0.2) is 116 Å². The maximum Gasteiger partial charge on any atom is 0.240 e. The van der Waals surface area contributed by atoms with Gasteiger partial charge in [0.05, 0.1) is 22.4 Å². The first kappa shape index (κ1) is 32.0. The van der Waals surface area contributed by atoms with Crippen LogP contribution in [0.2, 0.25) is 5.02 Å². The molecule has 1 N–H and O–H groups in total. The van der Waals surface area contributed by atoms with Crippen molar-refractivity contribution in [1.82, 2.24) is 9.62 Å². The van der Waals surface area contributed by atoms with E-state index in [1.54, 1.807) is 30.0 Å². The van der Waals surface area contributed by atoms with E-state index in [9.17, 15) is 17.2 Å². The van der Waals surface area contributed by atoms with E-state index in [1.807, 2.05) is 43.3 Å². The highest BCUT2D eigenvalue weighted by Crippen LogP contribution is 2.45. The molecule has 47 heavy (non-hydrogen) atoms. The van der Waals surface area contributed by atoms with Gasteiger partial charge in [0.2, 0.25) is 10.0 Å². The number of rotatable bonds is 7. The van der Waals surface area contributed by atoms with E-state index >= 15 is 0 Å². The van der Waals surface area contributed by atoms with Crippen molar-refractivity contribution in [2.24, 2.45) is 9.98 Å². The number of aliphatic imine (C=N–C) groups is 2. The van der Waals surface area contributed by atoms with Gasteiger partial charge in [-0.3, -0.25) is 9.98 Å². The molecule has 2 unspecified atom stereocenters. The van der Waals surface area contributed by atoms with Gasteiger partial charge in [0.25, 0.3) is 0 Å². The molecule has 7 rings (SSSR count). The average Bonchev–Trinajstić information content (AvgIpc) is 3.71. The Bertz CT molecular complexity index is 2060. The summed E-state index contributed by atoms with van der Waals surface area (Å²) < 4.78 is 58.6. The Balaban J connectivity index is 1.30. The van der Waals surface area contributed by atoms with Crippen LogP contribution in [-0.2, 0) is 10.0 Å². The van der Waals surface area contributed by atoms with Crippen LogP contribution in [0.4, 0.5) is 8.78 Å². The van der Waals surface area contributed by atoms with Gasteiger partial charge < -0.3 is 4.90 Å². The summed E-state index contributed by atoms with van der Waals surface area (Å²) in [5.41, 5.74) is 4.81. The number of sulfonamides is 1. The van der Waals surface area contributed by atoms with Crippen molar-refractivity contribution in [3.63, 3.8) is 0 Å². The molecular formula is C36H33ClF2N4O2S2. The molecule has 4 atom stereocenters. The topological polar surface area (TPSA) is 74.1 Å². The molecule has 0 aliphatic carbocycles. The number of dihydropyridines is 1. The number of aryl methyl sites for hydroxylation is 1. The summed E-state index contributed by atoms with van der Waals surface area (Å²) in [5, 5.41) is 4.19. The standard InChI is InChI=1S/C36H33ClF2N4O2S2/c1-21-5-3-6-24-16-27(10-12-28(21)24)47(44,45)42-26-18-32-34(31-13-8-23(19-40-31)15-22(2)38)35(29-11-9-25(39)17-30(29)37)41-36(43(32)20-26)33-7-4-14-46-33/h3-6,8-17,22,26,33,35,42H,7,18-20H2,1-2H3/t22?,26-,33?,35-/m0/s1. The predicted molar refractivity (Wildman–Crippen MR) is 188 cm³/mol. The number of alkyl halides is 1. The van der Waals surface area contributed by atoms with E-state index in [0.717, 1.165) is 45.4 Å². The first-order chi connectivity index (χ1) is 22.6. The molecule has 4 heterocycles. The number of hydrogen-bond donors (Lipinski definition) is 1. The third-order valence-electron chi connectivity index (χ3n) is 8.83. The number of hydrogen-bond acceptors (Lipinski definition) is 6. The zero-order chi connectivity index (χ0) is 32.9. The minimum atomic E-state index is -3.87. The molecule has 0 spiro atoms. The number of benzene rings is 3. The van der Waals surface area contributed by atoms with Crippen LogP contribution in [0, 0.1) is 12.7 Å². The van der Waals surface area contributed by atoms with E-state index in [1.165, 1.54) is 25.1 Å². The minimum Gasteiger partial charge on any atom is -0.331 e. The molecule has 0 saturated carbocycles. The smallest absolute Gasteiger partial charge is 0.240 e. The number of fused-ring (bicyclic) bond motifs is 2. The normalized spacial score (nSPS) is 24.2. The van der Waals surface area contributed by atoms with Crippen molar-refractivity contribution in [3.05, 3.63) is 123 Å². The van der Waals surface area contributed by atoms with Gasteiger partial charge >= 0.3 is 0 Å². The average molecular weight is 691 g/mol. The molecule has 4 aliphatic heterocycles. The van der Waals surface area contributed by atoms with Gasteiger partial charge in [0.15, 0.2) is 0 Å². The number of nitrogens with one attached hydrogen (secondary N) is 1. The Hall–Kier alpha value is -3.57. The third-order valence-corrected chi connectivity index (χ3v) is 11.8. The van der Waals surface area contributed by atoms with Gasteiger partial charge in [0.1, 0.15) is 23.9 Å². The van der Waals surface area contributed by atoms with E-state index < -0.39 is 34.1 Å². The Kier molecular flexibility index (Phi) is 8.72. The second kappa shape index (κ2) is 12.8. The first-order valence-electron chi connectivity index (χ1n) is 15.5. The number of amidine groups is 1. The van der Waals surface area contributed by atoms with Crippen LogP contribution in [-0.4, -0.2) is 55.4 Å². The second-order valence-corrected chi connectivity index (χ2v) is 15.4. The SMILES string of the molecule is Cc1cccc2cc(S(=O)(=O)N[C@H]3CC4=C(C5=NCC(=CC(C)F)C=C5)[C@H](c5ccc(F)cc5Cl)N=C(C5CC=CS5)N4C3)ccc12. The lowest BCUT2D eigenvalue weighted by molar-refractivity contribution is 0.429. The molecule has 0 radical (unpaired) electrons. The van der Waals surface area contributed by atoms with Crippen LogP contribution in [0.25, 0.3) is 10.8 Å². The maximum absolute atomic E-state index is 14.2. The van der Waals surface area contributed by atoms with Crippen molar-refractivity contribution in [1.29, 1.82) is 0 Å². The zero-order valence-corrected chi connectivity index (χ0v) is 28.2. The molecular weight excluding hydrogens is 658 g/mol. The quantitative estimate of drug-likeness (QED) is 0.273. The van der Waals surface area contributed by atoms with Gasteiger partial charge in [0, 0.05) is 40.9 Å². The zero-order valence-electron chi connectivity index (χ0n) is 25.8. The maximum atomic E-state index is 14.2. The lowest BCUT2D eigenvalue weighted by Crippen LogP contribution is -2.42. The van der Waals surface area contributed by atoms with Crippen LogP contribution in [0.3, 0.4) is 0 Å². The van der Waals surface area contributed by atoms with Crippen molar-refractivity contribution in [2.45, 2.75) is 55.1 Å². The van der Waals surface area contributed by atoms with Crippen LogP contribution in [0.1, 0.15) is 36.9 Å². The van der Waals surface area contributed by atoms with Crippen molar-refractivity contribution in [2.75, 3.05) is 13.1 Å². The van der Waals surface area contributed by atoms with Gasteiger partial charge in [-0.25, -0.2) is 21.9 Å². The number of allylic oxidation sites excluding steroid dienone is 3. The van der Waals surface area contributed by atoms with E-state index in [2.05, 4.69) is 21.1 Å². The Morgan fingerprint density at radius 2 is 2.00 bits per heavy atom. The summed E-state index contributed by atoms with van der Waals surface area (Å²) >= 11 is 8.33. The third kappa shape index (κ3) is 6.36. The van der Waals surface area contributed by atoms with Crippen molar-refractivity contribution >= 4 is 55.7 Å². The molecule has 0 amide bonds. The minimum absolute atomic E-state index is 0.0248. The van der Waals surface area contributed by atoms with Crippen molar-refractivity contribution < 1.29 is 17.2 Å². The van der Waals surface area contributed by atoms with Crippen LogP contribution in [0.5, 0.6) is 0 Å². The van der Waals surface area contributed by atoms with Crippen LogP contribution < -0.4 is 4.72 Å². The molecule has 242 valence electrons. The fraction of sp³-hybridized carbons (Fsp3) is 0.278. The largest absolute Gasteiger partial charge is 0.331 e. The molecule has 1 fully saturated rings. The highest BCUT2D eigenvalue weighted by Gasteiger charge is 2.43. The summed E-state index contributed by atoms with van der Waals surface area (Å²) in [6.45, 7) is 4.15. The molecule has 3 aromatic rings. The Morgan fingerprint density at radius 1 is 1.15 bits per heavy atom. The molecule has 0 aromatic heterocycles. The summed E-state index contributed by atoms with van der Waals surface area (Å²) in [5.74, 6) is 0.369. The molecule has 11 heteroatoms. The van der Waals surface area contributed by atoms with Crippen LogP contribution >= 0.6 is 23.4 Å². The predicted octanol–water partition coefficient (Wildman–Crippen LogP) is 8.02. The highest BCUT2D eigenvalue weighted by atomic mass is 35.5. The number of halogens is 3. The molecule has 3 aromatic carbocycles. The van der Waals surface area contributed by atoms with E-state index in [-0.39, 0.29) is 21.7 Å². The summed E-state index contributed by atoms with van der Waals surface area (Å²) in [7, 11) is -3.87. The van der Waals surface area contributed by atoms with Gasteiger partial charge in [-0.05, 0) is 84.0 Å². The van der Waals surface area contributed by atoms with E-state index in [4.69, 9.17) is 21.6 Å². The monoisotopic (exact) mass is 690 g/mol. The summed E-state index contributed by atoms with van der Waals surface area (Å²) in [6.07, 6.45) is 7.39. The van der Waals surface area contributed by atoms with Gasteiger partial charge in [-0.2, -0.15) is 0 Å². The Morgan fingerprint density at radius 3 is 2.72 bits per heavy atom. The van der Waals surface area contributed by atoms with Gasteiger partial charge in [-0.1, -0.05) is 54.1 Å². The first-order valence-corrected chi connectivity index (χ1v) is 18.3. The van der Waals surface area contributed by atoms with Crippen molar-refractivity contribution in [3.8, 4) is 0 Å². The fourth-order valence-electron chi connectivity index (χ4n) is 6.70. The van der Waals surface area contributed by atoms with Gasteiger partial charge in [-0.15, -0.1) is 11.8 Å². The summed E-state index contributed by atoms with van der Waals surface area (Å²) in [4.78, 5) is 12.4. The molecule has 6 nitrogen and oxygen atoms in total. The second-order valence-electron chi connectivity index (χ2n) is 12.2. The highest BCUT2D eigenvalue weighted by molar-refractivity contribution is 8.03. The van der Waals surface area contributed by atoms with E-state index in [0.29, 0.717) is 24.2 Å². The Labute approximate surface area is 282 Å². The molecule has 4 aliphatic rings. The number of nitrogens with zero attached hydrogens (tertiary/aromatic N) is 3. The lowest BCUT2D eigenvalue weighted by Gasteiger charge is -2.36. The molecule has 1 saturated heterocycles. The summed E-state index contributed by atoms with van der Waals surface area (Å²) in [6, 6.07) is 14.3. The fourth-order valence-corrected chi connectivity index (χ4v) is 9.17.